The van der Waals surface area contributed by atoms with Gasteiger partial charge < -0.3 is 13.9 Å². The van der Waals surface area contributed by atoms with Crippen molar-refractivity contribution in [3.8, 4) is 23.0 Å². The fraction of sp³-hybridized carbons (Fsp3) is 0.385. The van der Waals surface area contributed by atoms with E-state index in [1.54, 1.807) is 14.2 Å². The maximum Gasteiger partial charge on any atom is 0.251 e. The molecule has 2 aromatic rings. The van der Waals surface area contributed by atoms with Gasteiger partial charge in [-0.1, -0.05) is 28.9 Å². The van der Waals surface area contributed by atoms with Crippen LogP contribution in [-0.4, -0.2) is 24.4 Å². The second kappa shape index (κ2) is 6.06. The van der Waals surface area contributed by atoms with E-state index in [2.05, 4.69) is 26.1 Å². The van der Waals surface area contributed by atoms with Gasteiger partial charge in [0.1, 0.15) is 0 Å². The summed E-state index contributed by atoms with van der Waals surface area (Å²) in [6.45, 7) is 2.04. The highest BCUT2D eigenvalue weighted by Gasteiger charge is 2.19. The average molecular weight is 327 g/mol. The second-order valence-electron chi connectivity index (χ2n) is 3.86. The van der Waals surface area contributed by atoms with Gasteiger partial charge in [-0.25, -0.2) is 0 Å². The molecule has 2 rings (SSSR count). The van der Waals surface area contributed by atoms with Gasteiger partial charge >= 0.3 is 0 Å². The summed E-state index contributed by atoms with van der Waals surface area (Å²) in [5, 5.41) is 8.09. The summed E-state index contributed by atoms with van der Waals surface area (Å²) in [7, 11) is 3.17. The van der Waals surface area contributed by atoms with Gasteiger partial charge in [0.15, 0.2) is 11.5 Å². The lowest BCUT2D eigenvalue weighted by Crippen LogP contribution is -1.93. The Morgan fingerprint density at radius 3 is 2.68 bits per heavy atom. The first-order chi connectivity index (χ1) is 9.21. The van der Waals surface area contributed by atoms with Crippen LogP contribution in [0.1, 0.15) is 24.1 Å². The van der Waals surface area contributed by atoms with Gasteiger partial charge in [0, 0.05) is 0 Å². The monoisotopic (exact) mass is 326 g/mol. The Morgan fingerprint density at radius 2 is 2.05 bits per heavy atom. The summed E-state index contributed by atoms with van der Waals surface area (Å²) in [5.41, 5.74) is 0.719. The molecule has 6 heteroatoms. The zero-order valence-electron chi connectivity index (χ0n) is 11.0. The number of alkyl halides is 1. The smallest absolute Gasteiger partial charge is 0.251 e. The van der Waals surface area contributed by atoms with E-state index in [1.807, 2.05) is 25.1 Å². The van der Waals surface area contributed by atoms with E-state index in [0.717, 1.165) is 12.0 Å². The first kappa shape index (κ1) is 13.9. The number of aromatic nitrogens is 2. The summed E-state index contributed by atoms with van der Waals surface area (Å²) in [5.74, 6) is 2.19. The molecule has 102 valence electrons. The Kier molecular flexibility index (Phi) is 4.42. The molecular weight excluding hydrogens is 312 g/mol. The van der Waals surface area contributed by atoms with E-state index in [9.17, 15) is 0 Å². The molecule has 5 nitrogen and oxygen atoms in total. The standard InChI is InChI=1S/C13H15BrN2O3/c1-4-9(14)13-16-15-12(19-13)8-6-5-7-10(17-2)11(8)18-3/h5-7,9H,4H2,1-3H3. The molecule has 0 N–H and O–H groups in total. The quantitative estimate of drug-likeness (QED) is 0.786. The Bertz CT molecular complexity index is 557. The van der Waals surface area contributed by atoms with Crippen molar-refractivity contribution in [2.45, 2.75) is 18.2 Å². The third kappa shape index (κ3) is 2.73. The van der Waals surface area contributed by atoms with Crippen LogP contribution in [0.15, 0.2) is 22.6 Å². The highest BCUT2D eigenvalue weighted by molar-refractivity contribution is 9.09. The zero-order chi connectivity index (χ0) is 13.8. The third-order valence-electron chi connectivity index (χ3n) is 2.70. The van der Waals surface area contributed by atoms with Crippen LogP contribution in [0.3, 0.4) is 0 Å². The predicted molar refractivity (Wildman–Crippen MR) is 74.8 cm³/mol. The molecule has 0 aliphatic heterocycles. The van der Waals surface area contributed by atoms with Crippen molar-refractivity contribution in [1.82, 2.24) is 10.2 Å². The lowest BCUT2D eigenvalue weighted by atomic mass is 10.2. The Morgan fingerprint density at radius 1 is 1.26 bits per heavy atom. The Hall–Kier alpha value is -1.56. The summed E-state index contributed by atoms with van der Waals surface area (Å²) in [4.78, 5) is 0.0605. The van der Waals surface area contributed by atoms with Crippen LogP contribution in [0.25, 0.3) is 11.5 Å². The van der Waals surface area contributed by atoms with Crippen LogP contribution in [0, 0.1) is 0 Å². The van der Waals surface area contributed by atoms with E-state index in [0.29, 0.717) is 23.3 Å². The lowest BCUT2D eigenvalue weighted by molar-refractivity contribution is 0.355. The number of ether oxygens (including phenoxy) is 2. The van der Waals surface area contributed by atoms with Crippen molar-refractivity contribution in [1.29, 1.82) is 0 Å². The lowest BCUT2D eigenvalue weighted by Gasteiger charge is -2.09. The number of hydrogen-bond donors (Lipinski definition) is 0. The normalized spacial score (nSPS) is 12.2. The summed E-state index contributed by atoms with van der Waals surface area (Å²) < 4.78 is 16.3. The van der Waals surface area contributed by atoms with Crippen molar-refractivity contribution >= 4 is 15.9 Å². The van der Waals surface area contributed by atoms with E-state index >= 15 is 0 Å². The molecule has 0 saturated heterocycles. The molecule has 0 aliphatic carbocycles. The molecule has 0 aliphatic rings. The molecular formula is C13H15BrN2O3. The number of hydrogen-bond acceptors (Lipinski definition) is 5. The topological polar surface area (TPSA) is 57.4 Å². The van der Waals surface area contributed by atoms with E-state index < -0.39 is 0 Å². The third-order valence-corrected chi connectivity index (χ3v) is 3.74. The number of halogens is 1. The van der Waals surface area contributed by atoms with Crippen molar-refractivity contribution in [2.24, 2.45) is 0 Å². The minimum absolute atomic E-state index is 0.0605. The summed E-state index contributed by atoms with van der Waals surface area (Å²) in [6, 6.07) is 5.53. The fourth-order valence-corrected chi connectivity index (χ4v) is 1.89. The van der Waals surface area contributed by atoms with Gasteiger partial charge in [-0.3, -0.25) is 0 Å². The number of para-hydroxylation sites is 1. The molecule has 1 atom stereocenters. The molecule has 0 saturated carbocycles. The van der Waals surface area contributed by atoms with Crippen LogP contribution in [-0.2, 0) is 0 Å². The van der Waals surface area contributed by atoms with Gasteiger partial charge in [-0.15, -0.1) is 10.2 Å². The molecule has 0 radical (unpaired) electrons. The SMILES string of the molecule is CCC(Br)c1nnc(-c2cccc(OC)c2OC)o1. The van der Waals surface area contributed by atoms with Crippen LogP contribution >= 0.6 is 15.9 Å². The predicted octanol–water partition coefficient (Wildman–Crippen LogP) is 3.60. The second-order valence-corrected chi connectivity index (χ2v) is 4.97. The van der Waals surface area contributed by atoms with E-state index in [4.69, 9.17) is 13.9 Å². The summed E-state index contributed by atoms with van der Waals surface area (Å²) >= 11 is 3.48. The largest absolute Gasteiger partial charge is 0.493 e. The highest BCUT2D eigenvalue weighted by atomic mass is 79.9. The van der Waals surface area contributed by atoms with Gasteiger partial charge in [0.2, 0.25) is 5.89 Å². The van der Waals surface area contributed by atoms with Crippen LogP contribution in [0.2, 0.25) is 0 Å². The molecule has 1 aromatic heterocycles. The van der Waals surface area contributed by atoms with Gasteiger partial charge in [0.05, 0.1) is 24.6 Å². The van der Waals surface area contributed by atoms with Crippen LogP contribution < -0.4 is 9.47 Å². The molecule has 1 heterocycles. The molecule has 0 amide bonds. The maximum absolute atomic E-state index is 5.66. The zero-order valence-corrected chi connectivity index (χ0v) is 12.6. The summed E-state index contributed by atoms with van der Waals surface area (Å²) in [6.07, 6.45) is 0.872. The number of methoxy groups -OCH3 is 2. The molecule has 0 bridgehead atoms. The molecule has 1 aromatic carbocycles. The molecule has 1 unspecified atom stereocenters. The number of nitrogens with zero attached hydrogens (tertiary/aromatic N) is 2. The Labute approximate surface area is 120 Å². The minimum atomic E-state index is 0.0605. The van der Waals surface area contributed by atoms with Gasteiger partial charge in [-0.05, 0) is 18.6 Å². The molecule has 0 spiro atoms. The number of benzene rings is 1. The van der Waals surface area contributed by atoms with E-state index in [1.165, 1.54) is 0 Å². The molecule has 0 fully saturated rings. The van der Waals surface area contributed by atoms with Gasteiger partial charge in [-0.2, -0.15) is 0 Å². The van der Waals surface area contributed by atoms with Crippen LogP contribution in [0.4, 0.5) is 0 Å². The van der Waals surface area contributed by atoms with Crippen molar-refractivity contribution in [3.05, 3.63) is 24.1 Å². The van der Waals surface area contributed by atoms with Gasteiger partial charge in [0.25, 0.3) is 5.89 Å². The van der Waals surface area contributed by atoms with E-state index in [-0.39, 0.29) is 4.83 Å². The first-order valence-corrected chi connectivity index (χ1v) is 6.81. The van der Waals surface area contributed by atoms with Crippen LogP contribution in [0.5, 0.6) is 11.5 Å². The maximum atomic E-state index is 5.66. The van der Waals surface area contributed by atoms with Crippen molar-refractivity contribution in [3.63, 3.8) is 0 Å². The highest BCUT2D eigenvalue weighted by Crippen LogP contribution is 2.38. The Balaban J connectivity index is 2.44. The first-order valence-electron chi connectivity index (χ1n) is 5.90. The fourth-order valence-electron chi connectivity index (χ4n) is 1.70. The minimum Gasteiger partial charge on any atom is -0.493 e. The average Bonchev–Trinajstić information content (AvgIpc) is 2.95. The van der Waals surface area contributed by atoms with Crippen molar-refractivity contribution in [2.75, 3.05) is 14.2 Å². The molecule has 19 heavy (non-hydrogen) atoms. The van der Waals surface area contributed by atoms with Crippen molar-refractivity contribution < 1.29 is 13.9 Å². The number of rotatable bonds is 5.